The first-order valence-electron chi connectivity index (χ1n) is 6.73. The van der Waals surface area contributed by atoms with Crippen molar-refractivity contribution < 1.29 is 9.53 Å². The van der Waals surface area contributed by atoms with Gasteiger partial charge in [-0.1, -0.05) is 30.3 Å². The van der Waals surface area contributed by atoms with E-state index in [0.717, 1.165) is 13.0 Å². The lowest BCUT2D eigenvalue weighted by molar-refractivity contribution is -0.134. The normalized spacial score (nSPS) is 23.2. The van der Waals surface area contributed by atoms with Crippen molar-refractivity contribution in [3.05, 3.63) is 35.9 Å². The fourth-order valence-electron chi connectivity index (χ4n) is 2.77. The molecular formula is C15H23ClN2O2. The minimum absolute atomic E-state index is 0. The summed E-state index contributed by atoms with van der Waals surface area (Å²) < 4.78 is 4.96. The molecule has 1 amide bonds. The summed E-state index contributed by atoms with van der Waals surface area (Å²) in [6.45, 7) is 3.11. The van der Waals surface area contributed by atoms with E-state index >= 15 is 0 Å². The summed E-state index contributed by atoms with van der Waals surface area (Å²) in [5, 5.41) is 0. The number of rotatable bonds is 4. The molecule has 3 unspecified atom stereocenters. The molecule has 5 heteroatoms. The third kappa shape index (κ3) is 3.72. The van der Waals surface area contributed by atoms with Gasteiger partial charge in [0.1, 0.15) is 6.04 Å². The van der Waals surface area contributed by atoms with Gasteiger partial charge in [0.15, 0.2) is 0 Å². The predicted molar refractivity (Wildman–Crippen MR) is 82.1 cm³/mol. The topological polar surface area (TPSA) is 55.6 Å². The monoisotopic (exact) mass is 298 g/mol. The van der Waals surface area contributed by atoms with Gasteiger partial charge in [-0.2, -0.15) is 0 Å². The molecule has 0 spiro atoms. The molecule has 1 aromatic rings. The van der Waals surface area contributed by atoms with Crippen LogP contribution in [-0.2, 0) is 9.53 Å². The molecule has 1 heterocycles. The average Bonchev–Trinajstić information content (AvgIpc) is 2.81. The summed E-state index contributed by atoms with van der Waals surface area (Å²) in [5.41, 5.74) is 7.13. The van der Waals surface area contributed by atoms with Gasteiger partial charge < -0.3 is 15.4 Å². The van der Waals surface area contributed by atoms with Gasteiger partial charge in [0, 0.05) is 25.6 Å². The van der Waals surface area contributed by atoms with Crippen molar-refractivity contribution in [3.8, 4) is 0 Å². The molecule has 1 saturated heterocycles. The maximum atomic E-state index is 12.2. The fourth-order valence-corrected chi connectivity index (χ4v) is 2.77. The molecule has 0 aromatic heterocycles. The second-order valence-electron chi connectivity index (χ2n) is 5.24. The standard InChI is InChI=1S/C15H22N2O2.ClH/c1-11-8-13(12-6-4-3-5-7-12)9-17(11)15(18)14(16)10-19-2;/h3-7,11,13-14H,8-10,16H2,1-2H3;1H. The number of carbonyl (C=O) groups is 1. The summed E-state index contributed by atoms with van der Waals surface area (Å²) in [7, 11) is 1.56. The molecule has 3 atom stereocenters. The van der Waals surface area contributed by atoms with Gasteiger partial charge in [0.2, 0.25) is 5.91 Å². The van der Waals surface area contributed by atoms with Crippen LogP contribution in [0.4, 0.5) is 0 Å². The van der Waals surface area contributed by atoms with Crippen molar-refractivity contribution >= 4 is 18.3 Å². The van der Waals surface area contributed by atoms with Gasteiger partial charge in [0.05, 0.1) is 6.61 Å². The van der Waals surface area contributed by atoms with E-state index in [1.54, 1.807) is 7.11 Å². The Kier molecular flexibility index (Phi) is 6.46. The minimum atomic E-state index is -0.554. The molecule has 0 aliphatic carbocycles. The Morgan fingerprint density at radius 1 is 1.45 bits per heavy atom. The number of nitrogens with zero attached hydrogens (tertiary/aromatic N) is 1. The highest BCUT2D eigenvalue weighted by Gasteiger charge is 2.35. The van der Waals surface area contributed by atoms with Crippen LogP contribution in [0.3, 0.4) is 0 Å². The second kappa shape index (κ2) is 7.62. The Hall–Kier alpha value is -1.10. The molecule has 1 aliphatic rings. The Morgan fingerprint density at radius 3 is 2.70 bits per heavy atom. The van der Waals surface area contributed by atoms with E-state index < -0.39 is 6.04 Å². The zero-order chi connectivity index (χ0) is 13.8. The SMILES string of the molecule is COCC(N)C(=O)N1CC(c2ccccc2)CC1C.Cl. The van der Waals surface area contributed by atoms with Gasteiger partial charge in [-0.15, -0.1) is 12.4 Å². The molecule has 1 aliphatic heterocycles. The van der Waals surface area contributed by atoms with Crippen LogP contribution in [0.5, 0.6) is 0 Å². The fraction of sp³-hybridized carbons (Fsp3) is 0.533. The highest BCUT2D eigenvalue weighted by Crippen LogP contribution is 2.31. The van der Waals surface area contributed by atoms with Crippen LogP contribution in [0, 0.1) is 0 Å². The highest BCUT2D eigenvalue weighted by atomic mass is 35.5. The van der Waals surface area contributed by atoms with Gasteiger partial charge in [-0.3, -0.25) is 4.79 Å². The van der Waals surface area contributed by atoms with Gasteiger partial charge in [-0.05, 0) is 18.9 Å². The van der Waals surface area contributed by atoms with Crippen LogP contribution in [0.25, 0.3) is 0 Å². The molecule has 1 aromatic carbocycles. The van der Waals surface area contributed by atoms with E-state index in [9.17, 15) is 4.79 Å². The number of halogens is 1. The average molecular weight is 299 g/mol. The number of nitrogens with two attached hydrogens (primary N) is 1. The molecule has 2 rings (SSSR count). The summed E-state index contributed by atoms with van der Waals surface area (Å²) in [4.78, 5) is 14.1. The summed E-state index contributed by atoms with van der Waals surface area (Å²) in [6, 6.07) is 10.0. The molecule has 0 saturated carbocycles. The molecule has 0 radical (unpaired) electrons. The number of likely N-dealkylation sites (tertiary alicyclic amines) is 1. The van der Waals surface area contributed by atoms with E-state index in [1.807, 2.05) is 23.1 Å². The smallest absolute Gasteiger partial charge is 0.242 e. The maximum Gasteiger partial charge on any atom is 0.242 e. The van der Waals surface area contributed by atoms with Crippen molar-refractivity contribution in [2.24, 2.45) is 5.73 Å². The molecule has 20 heavy (non-hydrogen) atoms. The number of amides is 1. The third-order valence-corrected chi connectivity index (χ3v) is 3.79. The number of carbonyl (C=O) groups excluding carboxylic acids is 1. The predicted octanol–water partition coefficient (Wildman–Crippen LogP) is 1.79. The first-order chi connectivity index (χ1) is 9.13. The first-order valence-corrected chi connectivity index (χ1v) is 6.73. The molecular weight excluding hydrogens is 276 g/mol. The quantitative estimate of drug-likeness (QED) is 0.922. The van der Waals surface area contributed by atoms with Crippen LogP contribution in [0.1, 0.15) is 24.8 Å². The summed E-state index contributed by atoms with van der Waals surface area (Å²) in [6.07, 6.45) is 0.995. The van der Waals surface area contributed by atoms with Crippen molar-refractivity contribution in [2.75, 3.05) is 20.3 Å². The van der Waals surface area contributed by atoms with E-state index in [4.69, 9.17) is 10.5 Å². The van der Waals surface area contributed by atoms with Crippen LogP contribution in [0.15, 0.2) is 30.3 Å². The number of methoxy groups -OCH3 is 1. The number of hydrogen-bond donors (Lipinski definition) is 1. The first kappa shape index (κ1) is 17.0. The van der Waals surface area contributed by atoms with Crippen LogP contribution < -0.4 is 5.73 Å². The largest absolute Gasteiger partial charge is 0.383 e. The van der Waals surface area contributed by atoms with Crippen LogP contribution >= 0.6 is 12.4 Å². The zero-order valence-electron chi connectivity index (χ0n) is 12.0. The number of ether oxygens (including phenoxy) is 1. The van der Waals surface area contributed by atoms with Crippen molar-refractivity contribution in [1.29, 1.82) is 0 Å². The van der Waals surface area contributed by atoms with E-state index in [1.165, 1.54) is 5.56 Å². The zero-order valence-corrected chi connectivity index (χ0v) is 12.8. The van der Waals surface area contributed by atoms with Crippen molar-refractivity contribution in [2.45, 2.75) is 31.3 Å². The van der Waals surface area contributed by atoms with Crippen molar-refractivity contribution in [3.63, 3.8) is 0 Å². The van der Waals surface area contributed by atoms with Crippen LogP contribution in [-0.4, -0.2) is 43.2 Å². The molecule has 4 nitrogen and oxygen atoms in total. The molecule has 2 N–H and O–H groups in total. The summed E-state index contributed by atoms with van der Waals surface area (Å²) in [5.74, 6) is 0.405. The third-order valence-electron chi connectivity index (χ3n) is 3.79. The Bertz CT molecular complexity index is 427. The Morgan fingerprint density at radius 2 is 2.10 bits per heavy atom. The molecule has 1 fully saturated rings. The number of benzene rings is 1. The van der Waals surface area contributed by atoms with Gasteiger partial charge in [-0.25, -0.2) is 0 Å². The van der Waals surface area contributed by atoms with E-state index in [-0.39, 0.29) is 31.0 Å². The van der Waals surface area contributed by atoms with E-state index in [2.05, 4.69) is 19.1 Å². The molecule has 0 bridgehead atoms. The van der Waals surface area contributed by atoms with Gasteiger partial charge in [0.25, 0.3) is 0 Å². The molecule has 112 valence electrons. The van der Waals surface area contributed by atoms with Crippen molar-refractivity contribution in [1.82, 2.24) is 4.90 Å². The number of hydrogen-bond acceptors (Lipinski definition) is 3. The summed E-state index contributed by atoms with van der Waals surface area (Å²) >= 11 is 0. The lowest BCUT2D eigenvalue weighted by Crippen LogP contribution is -2.47. The van der Waals surface area contributed by atoms with E-state index in [0.29, 0.717) is 5.92 Å². The van der Waals surface area contributed by atoms with Crippen LogP contribution in [0.2, 0.25) is 0 Å². The second-order valence-corrected chi connectivity index (χ2v) is 5.24. The Labute approximate surface area is 126 Å². The lowest BCUT2D eigenvalue weighted by atomic mass is 9.97. The minimum Gasteiger partial charge on any atom is -0.383 e. The Balaban J connectivity index is 0.00000200. The van der Waals surface area contributed by atoms with Gasteiger partial charge >= 0.3 is 0 Å². The maximum absolute atomic E-state index is 12.2. The highest BCUT2D eigenvalue weighted by molar-refractivity contribution is 5.85. The lowest BCUT2D eigenvalue weighted by Gasteiger charge is -2.24.